The Hall–Kier alpha value is -3.00. The maximum Gasteiger partial charge on any atom is 0.431 e. The minimum Gasteiger partial charge on any atom is -0.442 e. The van der Waals surface area contributed by atoms with E-state index in [9.17, 15) is 14.4 Å². The third-order valence-electron chi connectivity index (χ3n) is 5.07. The number of carbonyl (C=O) groups excluding carboxylic acids is 3. The van der Waals surface area contributed by atoms with Crippen molar-refractivity contribution in [3.05, 3.63) is 64.6 Å². The van der Waals surface area contributed by atoms with Crippen molar-refractivity contribution < 1.29 is 19.1 Å². The van der Waals surface area contributed by atoms with Crippen LogP contribution in [0.25, 0.3) is 0 Å². The number of amides is 3. The summed E-state index contributed by atoms with van der Waals surface area (Å²) in [5, 5.41) is 5.52. The van der Waals surface area contributed by atoms with Crippen LogP contribution in [0.3, 0.4) is 0 Å². The fourth-order valence-corrected chi connectivity index (χ4v) is 4.01. The number of fused-ring (bicyclic) bond motifs is 1. The van der Waals surface area contributed by atoms with Crippen LogP contribution < -0.4 is 4.90 Å². The van der Waals surface area contributed by atoms with Crippen molar-refractivity contribution in [1.29, 1.82) is 0 Å². The fraction of sp³-hybridized carbons (Fsp3) is 0.304. The number of anilines is 1. The third kappa shape index (κ3) is 4.12. The molecule has 31 heavy (non-hydrogen) atoms. The zero-order chi connectivity index (χ0) is 22.3. The van der Waals surface area contributed by atoms with Gasteiger partial charge in [-0.1, -0.05) is 46.3 Å². The van der Waals surface area contributed by atoms with Crippen LogP contribution in [0.1, 0.15) is 32.8 Å². The van der Waals surface area contributed by atoms with E-state index in [-0.39, 0.29) is 12.3 Å². The highest BCUT2D eigenvalue weighted by Gasteiger charge is 2.55. The molecule has 2 unspecified atom stereocenters. The minimum atomic E-state index is -1.04. The lowest BCUT2D eigenvalue weighted by molar-refractivity contribution is -0.123. The average molecular weight is 484 g/mol. The molecule has 2 aromatic rings. The molecule has 2 aromatic carbocycles. The van der Waals surface area contributed by atoms with E-state index >= 15 is 0 Å². The number of halogens is 1. The summed E-state index contributed by atoms with van der Waals surface area (Å²) in [6.07, 6.45) is -0.507. The minimum absolute atomic E-state index is 0.250. The number of ether oxygens (including phenoxy) is 1. The van der Waals surface area contributed by atoms with Gasteiger partial charge in [0.05, 0.1) is 17.3 Å². The van der Waals surface area contributed by atoms with Crippen molar-refractivity contribution in [2.24, 2.45) is 11.0 Å². The molecule has 2 heterocycles. The van der Waals surface area contributed by atoms with Gasteiger partial charge in [0.1, 0.15) is 5.60 Å². The van der Waals surface area contributed by atoms with Crippen LogP contribution in [0.15, 0.2) is 64.2 Å². The standard InChI is InChI=1S/C23H22BrN3O4/c1-23(2,3)31-22(30)27-19-17(13-18(25-27)14-9-11-15(24)12-10-14)20(28)26(21(19)29)16-7-5-4-6-8-16/h4-12,17,19H,13H2,1-3H3. The smallest absolute Gasteiger partial charge is 0.431 e. The van der Waals surface area contributed by atoms with Crippen molar-refractivity contribution in [2.75, 3.05) is 4.90 Å². The molecule has 4 rings (SSSR count). The van der Waals surface area contributed by atoms with E-state index < -0.39 is 29.6 Å². The van der Waals surface area contributed by atoms with Crippen molar-refractivity contribution >= 4 is 45.2 Å². The second kappa shape index (κ2) is 7.92. The molecule has 7 nitrogen and oxygen atoms in total. The normalized spacial score (nSPS) is 21.1. The molecule has 0 spiro atoms. The van der Waals surface area contributed by atoms with Crippen LogP contribution in [-0.2, 0) is 14.3 Å². The van der Waals surface area contributed by atoms with Gasteiger partial charge in [0, 0.05) is 10.9 Å². The van der Waals surface area contributed by atoms with E-state index in [0.29, 0.717) is 11.4 Å². The molecule has 3 amide bonds. The Labute approximate surface area is 188 Å². The predicted octanol–water partition coefficient (Wildman–Crippen LogP) is 4.35. The lowest BCUT2D eigenvalue weighted by Crippen LogP contribution is -2.49. The van der Waals surface area contributed by atoms with Crippen molar-refractivity contribution in [1.82, 2.24) is 5.01 Å². The van der Waals surface area contributed by atoms with Crippen molar-refractivity contribution in [3.8, 4) is 0 Å². The molecule has 1 saturated heterocycles. The monoisotopic (exact) mass is 483 g/mol. The Balaban J connectivity index is 1.76. The Morgan fingerprint density at radius 3 is 2.29 bits per heavy atom. The van der Waals surface area contributed by atoms with Gasteiger partial charge in [-0.2, -0.15) is 10.1 Å². The zero-order valence-corrected chi connectivity index (χ0v) is 19.0. The van der Waals surface area contributed by atoms with Gasteiger partial charge in [-0.25, -0.2) is 9.69 Å². The first-order valence-corrected chi connectivity index (χ1v) is 10.7. The number of imide groups is 1. The molecule has 0 aliphatic carbocycles. The SMILES string of the molecule is CC(C)(C)OC(=O)N1N=C(c2ccc(Br)cc2)CC2C(=O)N(c3ccccc3)C(=O)C21. The lowest BCUT2D eigenvalue weighted by Gasteiger charge is -2.32. The van der Waals surface area contributed by atoms with Gasteiger partial charge in [-0.3, -0.25) is 9.59 Å². The molecule has 160 valence electrons. The first kappa shape index (κ1) is 21.2. The predicted molar refractivity (Wildman–Crippen MR) is 120 cm³/mol. The topological polar surface area (TPSA) is 79.3 Å². The highest BCUT2D eigenvalue weighted by atomic mass is 79.9. The zero-order valence-electron chi connectivity index (χ0n) is 17.4. The third-order valence-corrected chi connectivity index (χ3v) is 5.60. The highest BCUT2D eigenvalue weighted by molar-refractivity contribution is 9.10. The summed E-state index contributed by atoms with van der Waals surface area (Å²) in [6, 6.07) is 15.1. The number of hydrazone groups is 1. The Kier molecular flexibility index (Phi) is 5.43. The second-order valence-electron chi connectivity index (χ2n) is 8.48. The Morgan fingerprint density at radius 2 is 1.68 bits per heavy atom. The molecule has 0 bridgehead atoms. The maximum absolute atomic E-state index is 13.3. The van der Waals surface area contributed by atoms with Gasteiger partial charge in [0.15, 0.2) is 6.04 Å². The number of carbonyl (C=O) groups is 3. The van der Waals surface area contributed by atoms with Gasteiger partial charge in [-0.15, -0.1) is 0 Å². The number of benzene rings is 2. The van der Waals surface area contributed by atoms with Crippen LogP contribution in [0.5, 0.6) is 0 Å². The van der Waals surface area contributed by atoms with Crippen LogP contribution in [-0.4, -0.2) is 40.3 Å². The summed E-state index contributed by atoms with van der Waals surface area (Å²) in [4.78, 5) is 40.7. The number of para-hydroxylation sites is 1. The van der Waals surface area contributed by atoms with E-state index in [1.165, 1.54) is 0 Å². The molecule has 0 saturated carbocycles. The summed E-state index contributed by atoms with van der Waals surface area (Å²) < 4.78 is 6.40. The van der Waals surface area contributed by atoms with Gasteiger partial charge in [0.25, 0.3) is 5.91 Å². The van der Waals surface area contributed by atoms with E-state index in [2.05, 4.69) is 21.0 Å². The molecular weight excluding hydrogens is 462 g/mol. The fourth-order valence-electron chi connectivity index (χ4n) is 3.74. The molecular formula is C23H22BrN3O4. The molecule has 8 heteroatoms. The largest absolute Gasteiger partial charge is 0.442 e. The van der Waals surface area contributed by atoms with E-state index in [1.807, 2.05) is 30.3 Å². The highest BCUT2D eigenvalue weighted by Crippen LogP contribution is 2.36. The van der Waals surface area contributed by atoms with Crippen molar-refractivity contribution in [2.45, 2.75) is 38.8 Å². The van der Waals surface area contributed by atoms with E-state index in [0.717, 1.165) is 19.9 Å². The first-order chi connectivity index (χ1) is 14.7. The summed E-state index contributed by atoms with van der Waals surface area (Å²) >= 11 is 3.40. The quantitative estimate of drug-likeness (QED) is 0.594. The number of nitrogens with zero attached hydrogens (tertiary/aromatic N) is 3. The van der Waals surface area contributed by atoms with Crippen LogP contribution in [0, 0.1) is 5.92 Å². The van der Waals surface area contributed by atoms with Gasteiger partial charge < -0.3 is 4.74 Å². The summed E-state index contributed by atoms with van der Waals surface area (Å²) in [7, 11) is 0. The van der Waals surface area contributed by atoms with E-state index in [4.69, 9.17) is 4.74 Å². The average Bonchev–Trinajstić information content (AvgIpc) is 2.97. The molecule has 0 aromatic heterocycles. The molecule has 2 aliphatic heterocycles. The summed E-state index contributed by atoms with van der Waals surface area (Å²) in [5.74, 6) is -1.57. The van der Waals surface area contributed by atoms with Crippen molar-refractivity contribution in [3.63, 3.8) is 0 Å². The van der Waals surface area contributed by atoms with Gasteiger partial charge >= 0.3 is 6.09 Å². The van der Waals surface area contributed by atoms with Gasteiger partial charge in [-0.05, 0) is 50.6 Å². The van der Waals surface area contributed by atoms with E-state index in [1.54, 1.807) is 45.0 Å². The molecule has 1 fully saturated rings. The molecule has 0 N–H and O–H groups in total. The maximum atomic E-state index is 13.3. The summed E-state index contributed by atoms with van der Waals surface area (Å²) in [5.41, 5.74) is 1.02. The Bertz CT molecular complexity index is 1060. The lowest BCUT2D eigenvalue weighted by atomic mass is 9.91. The van der Waals surface area contributed by atoms with Crippen LogP contribution in [0.2, 0.25) is 0 Å². The summed E-state index contributed by atoms with van der Waals surface area (Å²) in [6.45, 7) is 5.22. The number of hydrogen-bond donors (Lipinski definition) is 0. The molecule has 0 radical (unpaired) electrons. The molecule has 2 atom stereocenters. The Morgan fingerprint density at radius 1 is 1.03 bits per heavy atom. The number of rotatable bonds is 2. The van der Waals surface area contributed by atoms with Crippen LogP contribution in [0.4, 0.5) is 10.5 Å². The molecule has 2 aliphatic rings. The first-order valence-electron chi connectivity index (χ1n) is 9.94. The number of hydrogen-bond acceptors (Lipinski definition) is 5. The second-order valence-corrected chi connectivity index (χ2v) is 9.40. The van der Waals surface area contributed by atoms with Gasteiger partial charge in [0.2, 0.25) is 5.91 Å². The van der Waals surface area contributed by atoms with Crippen LogP contribution >= 0.6 is 15.9 Å².